The summed E-state index contributed by atoms with van der Waals surface area (Å²) in [4.78, 5) is 0. The third kappa shape index (κ3) is 1.76. The molecule has 0 radical (unpaired) electrons. The zero-order chi connectivity index (χ0) is 11.0. The second-order valence-corrected chi connectivity index (χ2v) is 4.67. The predicted octanol–water partition coefficient (Wildman–Crippen LogP) is 3.58. The van der Waals surface area contributed by atoms with Crippen molar-refractivity contribution in [3.63, 3.8) is 0 Å². The van der Waals surface area contributed by atoms with Crippen molar-refractivity contribution in [3.8, 4) is 0 Å². The van der Waals surface area contributed by atoms with Crippen LogP contribution in [0.25, 0.3) is 5.52 Å². The summed E-state index contributed by atoms with van der Waals surface area (Å²) in [5.74, 6) is 1.02. The third-order valence-corrected chi connectivity index (χ3v) is 2.74. The van der Waals surface area contributed by atoms with Gasteiger partial charge in [-0.05, 0) is 35.6 Å². The fourth-order valence-electron chi connectivity index (χ4n) is 1.91. The topological polar surface area (TPSA) is 17.3 Å². The van der Waals surface area contributed by atoms with Crippen molar-refractivity contribution < 1.29 is 0 Å². The van der Waals surface area contributed by atoms with Gasteiger partial charge in [0.25, 0.3) is 0 Å². The monoisotopic (exact) mass is 202 g/mol. The summed E-state index contributed by atoms with van der Waals surface area (Å²) in [5, 5.41) is 4.67. The van der Waals surface area contributed by atoms with Crippen molar-refractivity contribution in [2.24, 2.45) is 0 Å². The second kappa shape index (κ2) is 3.69. The van der Waals surface area contributed by atoms with Crippen LogP contribution in [-0.4, -0.2) is 9.61 Å². The van der Waals surface area contributed by atoms with Crippen LogP contribution in [0.5, 0.6) is 0 Å². The third-order valence-electron chi connectivity index (χ3n) is 2.74. The van der Waals surface area contributed by atoms with E-state index in [2.05, 4.69) is 44.9 Å². The van der Waals surface area contributed by atoms with Crippen LogP contribution in [0.15, 0.2) is 24.4 Å². The van der Waals surface area contributed by atoms with Crippen LogP contribution in [0.2, 0.25) is 0 Å². The van der Waals surface area contributed by atoms with E-state index in [0.717, 1.165) is 0 Å². The summed E-state index contributed by atoms with van der Waals surface area (Å²) in [6.07, 6.45) is 2.01. The lowest BCUT2D eigenvalue weighted by atomic mass is 9.96. The average molecular weight is 202 g/mol. The summed E-state index contributed by atoms with van der Waals surface area (Å²) >= 11 is 0. The summed E-state index contributed by atoms with van der Waals surface area (Å²) in [6.45, 7) is 8.85. The molecule has 0 N–H and O–H groups in total. The van der Waals surface area contributed by atoms with E-state index in [1.54, 1.807) is 0 Å². The molecule has 2 nitrogen and oxygen atoms in total. The molecule has 0 aliphatic carbocycles. The minimum atomic E-state index is 0.481. The summed E-state index contributed by atoms with van der Waals surface area (Å²) in [5.41, 5.74) is 3.77. The van der Waals surface area contributed by atoms with E-state index in [4.69, 9.17) is 0 Å². The molecule has 2 rings (SSSR count). The Morgan fingerprint density at radius 1 is 1.13 bits per heavy atom. The van der Waals surface area contributed by atoms with E-state index >= 15 is 0 Å². The van der Waals surface area contributed by atoms with Gasteiger partial charge in [0.15, 0.2) is 0 Å². The largest absolute Gasteiger partial charge is 0.241 e. The summed E-state index contributed by atoms with van der Waals surface area (Å²) in [6, 6.07) is 6.40. The van der Waals surface area contributed by atoms with Crippen LogP contribution in [-0.2, 0) is 0 Å². The van der Waals surface area contributed by atoms with Gasteiger partial charge in [0.1, 0.15) is 0 Å². The SMILES string of the molecule is CC(C)c1cc2cccn2nc1C(C)C. The van der Waals surface area contributed by atoms with E-state index in [9.17, 15) is 0 Å². The smallest absolute Gasteiger partial charge is 0.0674 e. The zero-order valence-electron chi connectivity index (χ0n) is 9.86. The Balaban J connectivity index is 2.68. The minimum absolute atomic E-state index is 0.481. The molecule has 2 heterocycles. The molecule has 2 aromatic rings. The van der Waals surface area contributed by atoms with Gasteiger partial charge in [0.2, 0.25) is 0 Å². The first-order chi connectivity index (χ1) is 7.09. The number of nitrogens with zero attached hydrogens (tertiary/aromatic N) is 2. The van der Waals surface area contributed by atoms with Crippen LogP contribution in [0.1, 0.15) is 50.8 Å². The Morgan fingerprint density at radius 2 is 1.87 bits per heavy atom. The molecule has 80 valence electrons. The lowest BCUT2D eigenvalue weighted by molar-refractivity contribution is 0.717. The molecule has 0 saturated heterocycles. The number of aromatic nitrogens is 2. The van der Waals surface area contributed by atoms with Crippen molar-refractivity contribution >= 4 is 5.52 Å². The molecule has 0 aliphatic heterocycles. The molecule has 0 spiro atoms. The number of fused-ring (bicyclic) bond motifs is 1. The van der Waals surface area contributed by atoms with Gasteiger partial charge in [0.05, 0.1) is 11.2 Å². The maximum atomic E-state index is 4.67. The lowest BCUT2D eigenvalue weighted by Gasteiger charge is -2.15. The molecule has 15 heavy (non-hydrogen) atoms. The van der Waals surface area contributed by atoms with Gasteiger partial charge in [-0.3, -0.25) is 0 Å². The van der Waals surface area contributed by atoms with Gasteiger partial charge in [-0.25, -0.2) is 4.52 Å². The van der Waals surface area contributed by atoms with E-state index < -0.39 is 0 Å². The molecular weight excluding hydrogens is 184 g/mol. The van der Waals surface area contributed by atoms with Crippen LogP contribution in [0, 0.1) is 0 Å². The minimum Gasteiger partial charge on any atom is -0.241 e. The standard InChI is InChI=1S/C13H18N2/c1-9(2)12-8-11-6-5-7-15(11)14-13(12)10(3)4/h5-10H,1-4H3. The van der Waals surface area contributed by atoms with Crippen molar-refractivity contribution in [3.05, 3.63) is 35.7 Å². The summed E-state index contributed by atoms with van der Waals surface area (Å²) < 4.78 is 1.96. The van der Waals surface area contributed by atoms with Crippen LogP contribution >= 0.6 is 0 Å². The second-order valence-electron chi connectivity index (χ2n) is 4.67. The van der Waals surface area contributed by atoms with Crippen LogP contribution in [0.3, 0.4) is 0 Å². The van der Waals surface area contributed by atoms with Crippen LogP contribution < -0.4 is 0 Å². The molecule has 2 heteroatoms. The quantitative estimate of drug-likeness (QED) is 0.727. The zero-order valence-corrected chi connectivity index (χ0v) is 9.86. The highest BCUT2D eigenvalue weighted by Crippen LogP contribution is 2.25. The van der Waals surface area contributed by atoms with Crippen molar-refractivity contribution in [2.75, 3.05) is 0 Å². The van der Waals surface area contributed by atoms with Gasteiger partial charge in [-0.2, -0.15) is 5.10 Å². The molecule has 0 unspecified atom stereocenters. The van der Waals surface area contributed by atoms with Gasteiger partial charge in [0, 0.05) is 6.20 Å². The Labute approximate surface area is 90.9 Å². The number of hydrogen-bond donors (Lipinski definition) is 0. The fourth-order valence-corrected chi connectivity index (χ4v) is 1.91. The maximum absolute atomic E-state index is 4.67. The highest BCUT2D eigenvalue weighted by atomic mass is 15.2. The van der Waals surface area contributed by atoms with E-state index in [0.29, 0.717) is 11.8 Å². The first-order valence-corrected chi connectivity index (χ1v) is 5.57. The normalized spacial score (nSPS) is 11.9. The van der Waals surface area contributed by atoms with E-state index in [1.807, 2.05) is 16.8 Å². The number of hydrogen-bond acceptors (Lipinski definition) is 1. The molecule has 2 aromatic heterocycles. The molecule has 0 fully saturated rings. The first kappa shape index (κ1) is 10.2. The Hall–Kier alpha value is -1.31. The Bertz CT molecular complexity index is 424. The highest BCUT2D eigenvalue weighted by molar-refractivity contribution is 5.50. The molecule has 0 aliphatic rings. The first-order valence-electron chi connectivity index (χ1n) is 5.57. The van der Waals surface area contributed by atoms with Gasteiger partial charge >= 0.3 is 0 Å². The Kier molecular flexibility index (Phi) is 2.51. The van der Waals surface area contributed by atoms with Gasteiger partial charge < -0.3 is 0 Å². The van der Waals surface area contributed by atoms with E-state index in [1.165, 1.54) is 16.8 Å². The average Bonchev–Trinajstić information content (AvgIpc) is 2.61. The molecule has 0 atom stereocenters. The molecule has 0 aromatic carbocycles. The van der Waals surface area contributed by atoms with Crippen LogP contribution in [0.4, 0.5) is 0 Å². The van der Waals surface area contributed by atoms with Crippen molar-refractivity contribution in [2.45, 2.75) is 39.5 Å². The molecule has 0 bridgehead atoms. The molecular formula is C13H18N2. The summed E-state index contributed by atoms with van der Waals surface area (Å²) in [7, 11) is 0. The number of rotatable bonds is 2. The molecule has 0 saturated carbocycles. The van der Waals surface area contributed by atoms with Crippen molar-refractivity contribution in [1.29, 1.82) is 0 Å². The highest BCUT2D eigenvalue weighted by Gasteiger charge is 2.12. The van der Waals surface area contributed by atoms with E-state index in [-0.39, 0.29) is 0 Å². The van der Waals surface area contributed by atoms with Crippen molar-refractivity contribution in [1.82, 2.24) is 9.61 Å². The predicted molar refractivity (Wildman–Crippen MR) is 63.4 cm³/mol. The maximum Gasteiger partial charge on any atom is 0.0674 e. The van der Waals surface area contributed by atoms with Gasteiger partial charge in [-0.15, -0.1) is 0 Å². The lowest BCUT2D eigenvalue weighted by Crippen LogP contribution is -2.05. The molecule has 0 amide bonds. The fraction of sp³-hybridized carbons (Fsp3) is 0.462. The Morgan fingerprint density at radius 3 is 2.47 bits per heavy atom. The van der Waals surface area contributed by atoms with Gasteiger partial charge in [-0.1, -0.05) is 27.7 Å².